The summed E-state index contributed by atoms with van der Waals surface area (Å²) in [5, 5.41) is 32.7. The van der Waals surface area contributed by atoms with Crippen molar-refractivity contribution < 1.29 is 46.6 Å². The fraction of sp³-hybridized carbons (Fsp3) is 0.556. The van der Waals surface area contributed by atoms with Gasteiger partial charge in [0, 0.05) is 63.1 Å². The summed E-state index contributed by atoms with van der Waals surface area (Å²) < 4.78 is 57.0. The van der Waals surface area contributed by atoms with Crippen LogP contribution in [-0.4, -0.2) is 151 Å². The van der Waals surface area contributed by atoms with Gasteiger partial charge in [-0.05, 0) is 106 Å². The molecule has 1 unspecified atom stereocenters. The second kappa shape index (κ2) is 20.9. The third-order valence-corrected chi connectivity index (χ3v) is 16.9. The monoisotopic (exact) mass is 1070 g/mol. The molecule has 406 valence electrons. The van der Waals surface area contributed by atoms with E-state index in [9.17, 15) is 46.6 Å². The number of aliphatic hydroxyl groups is 1. The molecule has 0 bridgehead atoms. The normalized spacial score (nSPS) is 21.5. The standard InChI is InChI=1S/C54H65F4N11O6S/c1-31-45(76-30-60-31)34-9-7-33(8-10-34)42(63-47(72)43-20-40(70)29-68(43)48(73)46(51(2,3)4)64-50(75)53(55)15-16-53)21-44(71)67-27-39(28-67)66-25-38(26-66)65-17-13-32(14-18-65)36-23-61-69(24-36)52(5,6)49(74)62-37-12-11-35(22-59)41(19-37)54(56,57)58/h7-12,19,23-24,30,32,38-40,42-43,46,70H,13-18,20-21,25-29H2,1-6H3,(H,62,74)(H,63,72)(H,64,75)/t40-,42+,43+,46?/m1/s1. The van der Waals surface area contributed by atoms with E-state index >= 15 is 0 Å². The molecule has 4 aromatic rings. The van der Waals surface area contributed by atoms with Gasteiger partial charge < -0.3 is 30.9 Å². The number of benzene rings is 2. The first-order valence-corrected chi connectivity index (χ1v) is 26.7. The lowest BCUT2D eigenvalue weighted by Gasteiger charge is -2.55. The predicted molar refractivity (Wildman–Crippen MR) is 274 cm³/mol. The van der Waals surface area contributed by atoms with Crippen LogP contribution in [0.4, 0.5) is 23.2 Å². The summed E-state index contributed by atoms with van der Waals surface area (Å²) in [4.78, 5) is 82.1. The first kappa shape index (κ1) is 54.5. The highest BCUT2D eigenvalue weighted by Crippen LogP contribution is 2.41. The van der Waals surface area contributed by atoms with E-state index in [1.165, 1.54) is 27.0 Å². The Balaban J connectivity index is 0.776. The fourth-order valence-corrected chi connectivity index (χ4v) is 11.5. The number of carbonyl (C=O) groups is 5. The smallest absolute Gasteiger partial charge is 0.391 e. The quantitative estimate of drug-likeness (QED) is 0.103. The molecule has 5 amide bonds. The number of carbonyl (C=O) groups excluding carboxylic acids is 5. The van der Waals surface area contributed by atoms with Crippen LogP contribution in [0.5, 0.6) is 0 Å². The van der Waals surface area contributed by atoms with Crippen molar-refractivity contribution in [1.82, 2.24) is 45.0 Å². The summed E-state index contributed by atoms with van der Waals surface area (Å²) in [6, 6.07) is 9.70. The number of rotatable bonds is 15. The minimum absolute atomic E-state index is 0.0498. The molecule has 2 aromatic heterocycles. The number of piperidine rings is 1. The predicted octanol–water partition coefficient (Wildman–Crippen LogP) is 5.90. The highest BCUT2D eigenvalue weighted by Gasteiger charge is 2.54. The van der Waals surface area contributed by atoms with E-state index in [1.54, 1.807) is 57.3 Å². The van der Waals surface area contributed by atoms with Crippen LogP contribution in [-0.2, 0) is 35.7 Å². The van der Waals surface area contributed by atoms with Gasteiger partial charge in [-0.3, -0.25) is 38.5 Å². The molecule has 0 spiro atoms. The zero-order chi connectivity index (χ0) is 54.6. The third kappa shape index (κ3) is 11.4. The average molecular weight is 1070 g/mol. The molecule has 6 heterocycles. The summed E-state index contributed by atoms with van der Waals surface area (Å²) in [6.45, 7) is 14.8. The Hall–Kier alpha value is -6.28. The van der Waals surface area contributed by atoms with Gasteiger partial charge in [-0.25, -0.2) is 9.37 Å². The van der Waals surface area contributed by atoms with Crippen molar-refractivity contribution in [1.29, 1.82) is 5.26 Å². The van der Waals surface area contributed by atoms with Gasteiger partial charge in [0.15, 0.2) is 5.67 Å². The Morgan fingerprint density at radius 1 is 0.921 bits per heavy atom. The molecule has 5 fully saturated rings. The molecule has 1 aliphatic carbocycles. The van der Waals surface area contributed by atoms with E-state index in [4.69, 9.17) is 5.26 Å². The molecule has 5 aliphatic rings. The molecule has 2 aromatic carbocycles. The van der Waals surface area contributed by atoms with E-state index in [-0.39, 0.29) is 55.8 Å². The lowest BCUT2D eigenvalue weighted by molar-refractivity contribution is -0.145. The molecule has 9 rings (SSSR count). The van der Waals surface area contributed by atoms with Crippen molar-refractivity contribution in [2.24, 2.45) is 5.41 Å². The Kier molecular flexibility index (Phi) is 15.0. The van der Waals surface area contributed by atoms with Gasteiger partial charge in [0.2, 0.25) is 17.7 Å². The Bertz CT molecular complexity index is 2890. The number of alkyl halides is 4. The maximum Gasteiger partial charge on any atom is 0.417 e. The maximum atomic E-state index is 14.8. The number of thiazole rings is 1. The molecular weight excluding hydrogens is 1010 g/mol. The van der Waals surface area contributed by atoms with Gasteiger partial charge in [0.05, 0.1) is 58.0 Å². The Labute approximate surface area is 443 Å². The number of hydrogen-bond donors (Lipinski definition) is 4. The summed E-state index contributed by atoms with van der Waals surface area (Å²) in [5.41, 5.74) is -0.584. The van der Waals surface area contributed by atoms with Crippen LogP contribution in [0.1, 0.15) is 113 Å². The van der Waals surface area contributed by atoms with Crippen LogP contribution >= 0.6 is 11.3 Å². The number of hydrogen-bond acceptors (Lipinski definition) is 12. The first-order chi connectivity index (χ1) is 35.8. The molecule has 17 nitrogen and oxygen atoms in total. The van der Waals surface area contributed by atoms with E-state index in [1.807, 2.05) is 37.4 Å². The van der Waals surface area contributed by atoms with Crippen LogP contribution in [0, 0.1) is 23.7 Å². The Morgan fingerprint density at radius 3 is 2.20 bits per heavy atom. The summed E-state index contributed by atoms with van der Waals surface area (Å²) in [7, 11) is 0. The van der Waals surface area contributed by atoms with Crippen LogP contribution in [0.3, 0.4) is 0 Å². The zero-order valence-electron chi connectivity index (χ0n) is 43.5. The highest BCUT2D eigenvalue weighted by molar-refractivity contribution is 7.13. The van der Waals surface area contributed by atoms with Crippen molar-refractivity contribution in [3.8, 4) is 16.5 Å². The minimum atomic E-state index is -4.76. The summed E-state index contributed by atoms with van der Waals surface area (Å²) in [5.74, 6) is -2.51. The summed E-state index contributed by atoms with van der Waals surface area (Å²) >= 11 is 1.51. The number of aryl methyl sites for hydroxylation is 1. The van der Waals surface area contributed by atoms with Crippen LogP contribution in [0.15, 0.2) is 60.4 Å². The topological polar surface area (TPSA) is 209 Å². The van der Waals surface area contributed by atoms with E-state index in [2.05, 4.69) is 35.8 Å². The van der Waals surface area contributed by atoms with Gasteiger partial charge in [-0.2, -0.15) is 23.5 Å². The number of likely N-dealkylation sites (tertiary alicyclic amines) is 4. The lowest BCUT2D eigenvalue weighted by atomic mass is 9.85. The number of aliphatic hydroxyl groups excluding tert-OH is 1. The van der Waals surface area contributed by atoms with Gasteiger partial charge in [-0.15, -0.1) is 11.3 Å². The number of nitrogens with one attached hydrogen (secondary N) is 3. The van der Waals surface area contributed by atoms with E-state index < -0.39 is 81.8 Å². The number of nitriles is 1. The molecule has 4 N–H and O–H groups in total. The van der Waals surface area contributed by atoms with Crippen molar-refractivity contribution in [2.75, 3.05) is 51.1 Å². The van der Waals surface area contributed by atoms with Gasteiger partial charge in [-0.1, -0.05) is 45.0 Å². The van der Waals surface area contributed by atoms with Crippen molar-refractivity contribution >= 4 is 46.6 Å². The number of halogens is 4. The van der Waals surface area contributed by atoms with Crippen molar-refractivity contribution in [3.63, 3.8) is 0 Å². The second-order valence-electron chi connectivity index (χ2n) is 22.8. The first-order valence-electron chi connectivity index (χ1n) is 25.9. The number of β-amino-alcohol motifs (C(OH)–C–C–N with tert-alkyl or cyclic N) is 1. The van der Waals surface area contributed by atoms with Gasteiger partial charge >= 0.3 is 6.18 Å². The number of nitrogens with zero attached hydrogens (tertiary/aromatic N) is 8. The van der Waals surface area contributed by atoms with Crippen molar-refractivity contribution in [3.05, 3.63) is 88.3 Å². The molecule has 4 atom stereocenters. The van der Waals surface area contributed by atoms with Gasteiger partial charge in [0.1, 0.15) is 17.6 Å². The molecule has 4 saturated heterocycles. The van der Waals surface area contributed by atoms with E-state index in [0.29, 0.717) is 24.7 Å². The molecular formula is C54H65F4N11O6S. The molecule has 76 heavy (non-hydrogen) atoms. The van der Waals surface area contributed by atoms with Crippen LogP contribution in [0.25, 0.3) is 10.4 Å². The molecule has 0 radical (unpaired) electrons. The van der Waals surface area contributed by atoms with E-state index in [0.717, 1.165) is 72.9 Å². The largest absolute Gasteiger partial charge is 0.417 e. The molecule has 22 heteroatoms. The zero-order valence-corrected chi connectivity index (χ0v) is 44.3. The van der Waals surface area contributed by atoms with Crippen LogP contribution < -0.4 is 16.0 Å². The second-order valence-corrected chi connectivity index (χ2v) is 23.6. The van der Waals surface area contributed by atoms with Crippen molar-refractivity contribution in [2.45, 2.75) is 140 Å². The fourth-order valence-electron chi connectivity index (χ4n) is 10.7. The molecule has 1 saturated carbocycles. The number of anilines is 1. The van der Waals surface area contributed by atoms with Crippen LogP contribution in [0.2, 0.25) is 0 Å². The SMILES string of the molecule is Cc1ncsc1-c1ccc([C@H](CC(=O)N2CC(N3CC(N4CCC(c5cnn(C(C)(C)C(=O)Nc6ccc(C#N)c(C(F)(F)F)c6)c5)CC4)C3)C2)NC(=O)[C@@H]2C[C@@H](O)CN2C(=O)C(NC(=O)C2(F)CC2)C(C)(C)C)cc1. The highest BCUT2D eigenvalue weighted by atomic mass is 32.1. The number of aromatic nitrogens is 3. The third-order valence-electron chi connectivity index (χ3n) is 15.9. The van der Waals surface area contributed by atoms with Gasteiger partial charge in [0.25, 0.3) is 11.8 Å². The maximum absolute atomic E-state index is 14.8. The average Bonchev–Trinajstić information content (AvgIpc) is 3.66. The minimum Gasteiger partial charge on any atom is -0.391 e. The Morgan fingerprint density at radius 2 is 1.59 bits per heavy atom. The summed E-state index contributed by atoms with van der Waals surface area (Å²) in [6.07, 6.45) is -0.408. The number of amides is 5. The molecule has 4 aliphatic heterocycles. The lowest BCUT2D eigenvalue weighted by Crippen LogP contribution is -2.70.